The molecule has 6 heteroatoms. The Morgan fingerprint density at radius 3 is 2.44 bits per heavy atom. The van der Waals surface area contributed by atoms with Gasteiger partial charge in [0.25, 0.3) is 0 Å². The van der Waals surface area contributed by atoms with E-state index in [0.29, 0.717) is 22.9 Å². The highest BCUT2D eigenvalue weighted by Gasteiger charge is 2.10. The standard InChI is InChI=1S/C19H17ClN2O3/c1-13-15(11-21-22(13)17-7-5-16(20)6-8-17)12-25-18-9-3-14(4-10-18)19(23)24-2/h3-11H,12H2,1-2H3. The van der Waals surface area contributed by atoms with Crippen molar-refractivity contribution < 1.29 is 14.3 Å². The van der Waals surface area contributed by atoms with Gasteiger partial charge in [-0.3, -0.25) is 0 Å². The van der Waals surface area contributed by atoms with Crippen molar-refractivity contribution in [2.75, 3.05) is 7.11 Å². The summed E-state index contributed by atoms with van der Waals surface area (Å²) in [7, 11) is 1.36. The Morgan fingerprint density at radius 1 is 1.12 bits per heavy atom. The van der Waals surface area contributed by atoms with Crippen molar-refractivity contribution in [2.45, 2.75) is 13.5 Å². The largest absolute Gasteiger partial charge is 0.489 e. The van der Waals surface area contributed by atoms with Gasteiger partial charge in [0.2, 0.25) is 0 Å². The second kappa shape index (κ2) is 7.40. The molecule has 5 nitrogen and oxygen atoms in total. The molecule has 3 rings (SSSR count). The molecule has 0 bridgehead atoms. The van der Waals surface area contributed by atoms with Crippen molar-refractivity contribution in [1.82, 2.24) is 9.78 Å². The fraction of sp³-hybridized carbons (Fsp3) is 0.158. The number of hydrogen-bond donors (Lipinski definition) is 0. The summed E-state index contributed by atoms with van der Waals surface area (Å²) in [5, 5.41) is 5.10. The third-order valence-electron chi connectivity index (χ3n) is 3.85. The first-order valence-corrected chi connectivity index (χ1v) is 8.07. The number of carbonyl (C=O) groups excluding carboxylic acids is 1. The SMILES string of the molecule is COC(=O)c1ccc(OCc2cnn(-c3ccc(Cl)cc3)c2C)cc1. The first-order valence-electron chi connectivity index (χ1n) is 7.69. The summed E-state index contributed by atoms with van der Waals surface area (Å²) in [5.74, 6) is 0.304. The van der Waals surface area contributed by atoms with E-state index in [1.165, 1.54) is 7.11 Å². The fourth-order valence-electron chi connectivity index (χ4n) is 2.39. The number of aromatic nitrogens is 2. The van der Waals surface area contributed by atoms with Gasteiger partial charge in [-0.2, -0.15) is 5.10 Å². The molecule has 0 amide bonds. The van der Waals surface area contributed by atoms with Crippen molar-refractivity contribution in [3.8, 4) is 11.4 Å². The highest BCUT2D eigenvalue weighted by Crippen LogP contribution is 2.19. The molecule has 0 aliphatic rings. The van der Waals surface area contributed by atoms with Crippen LogP contribution in [-0.2, 0) is 11.3 Å². The second-order valence-electron chi connectivity index (χ2n) is 5.45. The summed E-state index contributed by atoms with van der Waals surface area (Å²) in [5.41, 5.74) is 3.40. The number of halogens is 1. The molecule has 0 aliphatic heterocycles. The van der Waals surface area contributed by atoms with Crippen LogP contribution in [0.4, 0.5) is 0 Å². The number of methoxy groups -OCH3 is 1. The van der Waals surface area contributed by atoms with E-state index in [2.05, 4.69) is 9.84 Å². The molecule has 128 valence electrons. The van der Waals surface area contributed by atoms with E-state index in [1.54, 1.807) is 30.5 Å². The minimum Gasteiger partial charge on any atom is -0.489 e. The van der Waals surface area contributed by atoms with Crippen LogP contribution >= 0.6 is 11.6 Å². The normalized spacial score (nSPS) is 10.5. The van der Waals surface area contributed by atoms with Crippen molar-refractivity contribution in [1.29, 1.82) is 0 Å². The molecule has 0 saturated heterocycles. The van der Waals surface area contributed by atoms with Crippen molar-refractivity contribution in [2.24, 2.45) is 0 Å². The van der Waals surface area contributed by atoms with Crippen LogP contribution in [0.25, 0.3) is 5.69 Å². The molecule has 0 aliphatic carbocycles. The predicted molar refractivity (Wildman–Crippen MR) is 95.4 cm³/mol. The Bertz CT molecular complexity index is 871. The third kappa shape index (κ3) is 3.83. The topological polar surface area (TPSA) is 53.4 Å². The molecular formula is C19H17ClN2O3. The zero-order valence-electron chi connectivity index (χ0n) is 13.9. The van der Waals surface area contributed by atoms with Crippen LogP contribution in [0.15, 0.2) is 54.7 Å². The lowest BCUT2D eigenvalue weighted by Crippen LogP contribution is -2.02. The van der Waals surface area contributed by atoms with Gasteiger partial charge in [-0.15, -0.1) is 0 Å². The van der Waals surface area contributed by atoms with E-state index in [-0.39, 0.29) is 5.97 Å². The molecule has 0 unspecified atom stereocenters. The van der Waals surface area contributed by atoms with Crippen molar-refractivity contribution in [3.05, 3.63) is 76.6 Å². The number of ether oxygens (including phenoxy) is 2. The van der Waals surface area contributed by atoms with Crippen LogP contribution in [0.3, 0.4) is 0 Å². The molecule has 0 atom stereocenters. The van der Waals surface area contributed by atoms with Crippen molar-refractivity contribution in [3.63, 3.8) is 0 Å². The molecule has 0 spiro atoms. The number of benzene rings is 2. The van der Waals surface area contributed by atoms with Gasteiger partial charge in [0.1, 0.15) is 12.4 Å². The van der Waals surface area contributed by atoms with E-state index in [9.17, 15) is 4.79 Å². The van der Waals surface area contributed by atoms with Crippen LogP contribution < -0.4 is 4.74 Å². The molecule has 1 aromatic heterocycles. The van der Waals surface area contributed by atoms with E-state index in [4.69, 9.17) is 16.3 Å². The van der Waals surface area contributed by atoms with Gasteiger partial charge < -0.3 is 9.47 Å². The van der Waals surface area contributed by atoms with Crippen LogP contribution in [0.1, 0.15) is 21.6 Å². The predicted octanol–water partition coefficient (Wildman–Crippen LogP) is 4.20. The Kier molecular flexibility index (Phi) is 5.05. The van der Waals surface area contributed by atoms with Gasteiger partial charge in [-0.05, 0) is 55.5 Å². The summed E-state index contributed by atoms with van der Waals surface area (Å²) in [6.07, 6.45) is 1.78. The number of carbonyl (C=O) groups is 1. The molecule has 25 heavy (non-hydrogen) atoms. The lowest BCUT2D eigenvalue weighted by Gasteiger charge is -2.08. The summed E-state index contributed by atoms with van der Waals surface area (Å²) in [4.78, 5) is 11.4. The average Bonchev–Trinajstić information content (AvgIpc) is 3.01. The first kappa shape index (κ1) is 17.0. The highest BCUT2D eigenvalue weighted by molar-refractivity contribution is 6.30. The van der Waals surface area contributed by atoms with Gasteiger partial charge in [-0.1, -0.05) is 11.6 Å². The van der Waals surface area contributed by atoms with Crippen LogP contribution in [0.2, 0.25) is 5.02 Å². The summed E-state index contributed by atoms with van der Waals surface area (Å²) in [6, 6.07) is 14.3. The van der Waals surface area contributed by atoms with Gasteiger partial charge in [0.15, 0.2) is 0 Å². The average molecular weight is 357 g/mol. The number of esters is 1. The van der Waals surface area contributed by atoms with E-state index >= 15 is 0 Å². The lowest BCUT2D eigenvalue weighted by atomic mass is 10.2. The minimum absolute atomic E-state index is 0.369. The molecule has 3 aromatic rings. The summed E-state index contributed by atoms with van der Waals surface area (Å²) < 4.78 is 12.3. The fourth-order valence-corrected chi connectivity index (χ4v) is 2.52. The Hall–Kier alpha value is -2.79. The van der Waals surface area contributed by atoms with Crippen LogP contribution in [0, 0.1) is 6.92 Å². The Morgan fingerprint density at radius 2 is 1.80 bits per heavy atom. The quantitative estimate of drug-likeness (QED) is 0.643. The van der Waals surface area contributed by atoms with Gasteiger partial charge in [0.05, 0.1) is 24.6 Å². The second-order valence-corrected chi connectivity index (χ2v) is 5.88. The summed E-state index contributed by atoms with van der Waals surface area (Å²) >= 11 is 5.92. The monoisotopic (exact) mass is 356 g/mol. The van der Waals surface area contributed by atoms with E-state index < -0.39 is 0 Å². The zero-order valence-corrected chi connectivity index (χ0v) is 14.7. The van der Waals surface area contributed by atoms with Crippen LogP contribution in [0.5, 0.6) is 5.75 Å². The number of nitrogens with zero attached hydrogens (tertiary/aromatic N) is 2. The Balaban J connectivity index is 1.70. The first-order chi connectivity index (χ1) is 12.1. The molecule has 2 aromatic carbocycles. The zero-order chi connectivity index (χ0) is 17.8. The molecule has 0 radical (unpaired) electrons. The maximum atomic E-state index is 11.4. The molecular weight excluding hydrogens is 340 g/mol. The minimum atomic E-state index is -0.369. The molecule has 0 fully saturated rings. The molecule has 0 saturated carbocycles. The smallest absolute Gasteiger partial charge is 0.337 e. The maximum absolute atomic E-state index is 11.4. The highest BCUT2D eigenvalue weighted by atomic mass is 35.5. The third-order valence-corrected chi connectivity index (χ3v) is 4.10. The van der Waals surface area contributed by atoms with E-state index in [1.807, 2.05) is 35.9 Å². The van der Waals surface area contributed by atoms with Gasteiger partial charge in [0, 0.05) is 16.3 Å². The number of rotatable bonds is 5. The summed E-state index contributed by atoms with van der Waals surface area (Å²) in [6.45, 7) is 2.37. The van der Waals surface area contributed by atoms with Gasteiger partial charge in [-0.25, -0.2) is 9.48 Å². The number of hydrogen-bond acceptors (Lipinski definition) is 4. The van der Waals surface area contributed by atoms with Crippen molar-refractivity contribution >= 4 is 17.6 Å². The van der Waals surface area contributed by atoms with E-state index in [0.717, 1.165) is 16.9 Å². The Labute approximate surface area is 150 Å². The molecule has 0 N–H and O–H groups in total. The van der Waals surface area contributed by atoms with Gasteiger partial charge >= 0.3 is 5.97 Å². The van der Waals surface area contributed by atoms with Crippen LogP contribution in [-0.4, -0.2) is 22.9 Å². The maximum Gasteiger partial charge on any atom is 0.337 e. The lowest BCUT2D eigenvalue weighted by molar-refractivity contribution is 0.0600. The molecule has 1 heterocycles.